The Bertz CT molecular complexity index is 150. The average molecular weight is 353 g/mol. The van der Waals surface area contributed by atoms with E-state index in [4.69, 9.17) is 0 Å². The Morgan fingerprint density at radius 2 is 1.75 bits per heavy atom. The molecule has 0 atom stereocenters. The Morgan fingerprint density at radius 1 is 1.12 bits per heavy atom. The average Bonchev–Trinajstić information content (AvgIpc) is 1.90. The fourth-order valence-electron chi connectivity index (χ4n) is 0.462. The van der Waals surface area contributed by atoms with Gasteiger partial charge < -0.3 is 0 Å². The van der Waals surface area contributed by atoms with Gasteiger partial charge in [0.2, 0.25) is 0 Å². The summed E-state index contributed by atoms with van der Waals surface area (Å²) >= 11 is 3.19. The monoisotopic (exact) mass is 354 g/mol. The molecule has 0 unspecified atom stereocenters. The van der Waals surface area contributed by atoms with E-state index in [1.165, 1.54) is 4.46 Å². The Labute approximate surface area is 65.6 Å². The number of benzene rings is 1. The van der Waals surface area contributed by atoms with Crippen molar-refractivity contribution in [3.05, 3.63) is 30.3 Å². The van der Waals surface area contributed by atoms with Crippen molar-refractivity contribution in [3.8, 4) is 0 Å². The van der Waals surface area contributed by atoms with E-state index in [2.05, 4.69) is 43.2 Å². The molecule has 1 aromatic rings. The Hall–Kier alpha value is 0.480. The molecular weight excluding hydrogens is 348 g/mol. The van der Waals surface area contributed by atoms with E-state index in [1.54, 1.807) is 0 Å². The Morgan fingerprint density at radius 3 is 2.12 bits per heavy atom. The first-order valence-corrected chi connectivity index (χ1v) is 8.21. The second-order valence-corrected chi connectivity index (χ2v) is 4.92. The maximum absolute atomic E-state index is 2.58. The Kier molecular flexibility index (Phi) is 2.88. The molecule has 0 bridgehead atoms. The van der Waals surface area contributed by atoms with Crippen molar-refractivity contribution in [2.75, 3.05) is 0 Å². The van der Waals surface area contributed by atoms with Crippen LogP contribution in [0.5, 0.6) is 0 Å². The summed E-state index contributed by atoms with van der Waals surface area (Å²) in [6.45, 7) is 0. The summed E-state index contributed by atoms with van der Waals surface area (Å²) in [4.78, 5) is 0. The molecule has 0 amide bonds. The first-order chi connectivity index (χ1) is 3.93. The van der Waals surface area contributed by atoms with Crippen molar-refractivity contribution in [1.82, 2.24) is 0 Å². The van der Waals surface area contributed by atoms with Crippen LogP contribution in [0.1, 0.15) is 0 Å². The summed E-state index contributed by atoms with van der Waals surface area (Å²) in [6, 6.07) is 10.5. The van der Waals surface area contributed by atoms with Crippen LogP contribution in [0.2, 0.25) is 0 Å². The minimum atomic E-state index is 0.612. The van der Waals surface area contributed by atoms with Gasteiger partial charge >= 0.3 is 65.7 Å². The fourth-order valence-corrected chi connectivity index (χ4v) is 2.50. The van der Waals surface area contributed by atoms with Gasteiger partial charge in [-0.3, -0.25) is 0 Å². The zero-order valence-corrected chi connectivity index (χ0v) is 7.98. The number of hydrogen-bond acceptors (Lipinski definition) is 0. The molecule has 0 aliphatic carbocycles. The van der Waals surface area contributed by atoms with Crippen molar-refractivity contribution < 1.29 is 18.9 Å². The summed E-state index contributed by atoms with van der Waals surface area (Å²) in [6.07, 6.45) is 0. The van der Waals surface area contributed by atoms with Gasteiger partial charge in [-0.15, -0.1) is 0 Å². The molecular formula is C6H5AuSe. The van der Waals surface area contributed by atoms with Crippen LogP contribution in [-0.4, -0.2) is 12.0 Å². The van der Waals surface area contributed by atoms with Gasteiger partial charge in [0, 0.05) is 0 Å². The quantitative estimate of drug-likeness (QED) is 0.645. The first kappa shape index (κ1) is 6.60. The van der Waals surface area contributed by atoms with Gasteiger partial charge in [0.1, 0.15) is 0 Å². The van der Waals surface area contributed by atoms with Crippen molar-refractivity contribution in [2.24, 2.45) is 0 Å². The molecule has 0 aliphatic heterocycles. The predicted molar refractivity (Wildman–Crippen MR) is 31.8 cm³/mol. The minimum absolute atomic E-state index is 0.612. The van der Waals surface area contributed by atoms with E-state index in [0.717, 1.165) is 0 Å². The predicted octanol–water partition coefficient (Wildman–Crippen LogP) is 0.478. The molecule has 2 heteroatoms. The van der Waals surface area contributed by atoms with Crippen LogP contribution in [0, 0.1) is 0 Å². The van der Waals surface area contributed by atoms with Gasteiger partial charge in [-0.2, -0.15) is 0 Å². The van der Waals surface area contributed by atoms with Gasteiger partial charge in [-0.25, -0.2) is 0 Å². The molecule has 0 heterocycles. The molecule has 0 saturated carbocycles. The van der Waals surface area contributed by atoms with Crippen LogP contribution in [0.3, 0.4) is 0 Å². The van der Waals surface area contributed by atoms with Crippen LogP contribution in [-0.2, 0) is 18.9 Å². The zero-order valence-electron chi connectivity index (χ0n) is 4.10. The van der Waals surface area contributed by atoms with Crippen molar-refractivity contribution in [1.29, 1.82) is 0 Å². The summed E-state index contributed by atoms with van der Waals surface area (Å²) in [5, 5.41) is 0. The summed E-state index contributed by atoms with van der Waals surface area (Å²) in [7, 11) is 0. The van der Waals surface area contributed by atoms with Crippen molar-refractivity contribution >= 4 is 16.5 Å². The second-order valence-electron chi connectivity index (χ2n) is 1.37. The van der Waals surface area contributed by atoms with Gasteiger partial charge in [0.15, 0.2) is 0 Å². The second kappa shape index (κ2) is 3.49. The normalized spacial score (nSPS) is 9.25. The van der Waals surface area contributed by atoms with Gasteiger partial charge in [-0.1, -0.05) is 0 Å². The molecule has 0 fully saturated rings. The molecule has 0 radical (unpaired) electrons. The molecule has 1 rings (SSSR count). The molecule has 0 nitrogen and oxygen atoms in total. The fraction of sp³-hybridized carbons (Fsp3) is 0. The van der Waals surface area contributed by atoms with Gasteiger partial charge in [0.05, 0.1) is 0 Å². The summed E-state index contributed by atoms with van der Waals surface area (Å²) in [5.74, 6) is 0. The molecule has 0 aliphatic rings. The molecule has 0 saturated heterocycles. The number of rotatable bonds is 1. The van der Waals surface area contributed by atoms with E-state index in [1.807, 2.05) is 6.07 Å². The van der Waals surface area contributed by atoms with E-state index < -0.39 is 0 Å². The third kappa shape index (κ3) is 1.77. The van der Waals surface area contributed by atoms with E-state index >= 15 is 0 Å². The Balaban J connectivity index is 2.83. The molecule has 0 N–H and O–H groups in total. The van der Waals surface area contributed by atoms with Crippen LogP contribution < -0.4 is 4.46 Å². The maximum atomic E-state index is 2.58. The van der Waals surface area contributed by atoms with E-state index in [0.29, 0.717) is 12.0 Å². The van der Waals surface area contributed by atoms with E-state index in [-0.39, 0.29) is 0 Å². The number of hydrogen-bond donors (Lipinski definition) is 0. The standard InChI is InChI=1S/C6H6Se.Au/c7-6-4-2-1-3-5-6;/h1-5,7H;/q;+1/p-1. The third-order valence-corrected chi connectivity index (χ3v) is 4.34. The molecule has 1 aromatic carbocycles. The van der Waals surface area contributed by atoms with Gasteiger partial charge in [0.25, 0.3) is 0 Å². The van der Waals surface area contributed by atoms with Crippen molar-refractivity contribution in [3.63, 3.8) is 0 Å². The molecule has 46 valence electrons. The van der Waals surface area contributed by atoms with Crippen molar-refractivity contribution in [2.45, 2.75) is 0 Å². The third-order valence-electron chi connectivity index (χ3n) is 0.814. The zero-order chi connectivity index (χ0) is 5.82. The van der Waals surface area contributed by atoms with Crippen LogP contribution in [0.4, 0.5) is 0 Å². The molecule has 0 spiro atoms. The van der Waals surface area contributed by atoms with Gasteiger partial charge in [-0.05, 0) is 0 Å². The van der Waals surface area contributed by atoms with Crippen LogP contribution in [0.25, 0.3) is 0 Å². The first-order valence-electron chi connectivity index (χ1n) is 2.24. The van der Waals surface area contributed by atoms with Crippen LogP contribution >= 0.6 is 0 Å². The topological polar surface area (TPSA) is 0 Å². The van der Waals surface area contributed by atoms with E-state index in [9.17, 15) is 0 Å². The molecule has 8 heavy (non-hydrogen) atoms. The van der Waals surface area contributed by atoms with Crippen LogP contribution in [0.15, 0.2) is 30.3 Å². The SMILES string of the molecule is [Au][Se]c1ccccc1. The summed E-state index contributed by atoms with van der Waals surface area (Å²) in [5.41, 5.74) is 0. The summed E-state index contributed by atoms with van der Waals surface area (Å²) < 4.78 is 1.45. The molecule has 0 aromatic heterocycles.